The fourth-order valence-corrected chi connectivity index (χ4v) is 4.82. The van der Waals surface area contributed by atoms with E-state index in [4.69, 9.17) is 14.3 Å². The Labute approximate surface area is 215 Å². The number of nitro benzene ring substituents is 1. The highest BCUT2D eigenvalue weighted by Crippen LogP contribution is 2.51. The van der Waals surface area contributed by atoms with Gasteiger partial charge in [0, 0.05) is 0 Å². The fraction of sp³-hybridized carbons (Fsp3) is 0.192. The molecule has 0 saturated carbocycles. The molecule has 3 atom stereocenters. The number of imide groups is 1. The van der Waals surface area contributed by atoms with Crippen LogP contribution in [0.3, 0.4) is 0 Å². The number of carbonyl (C=O) groups is 3. The van der Waals surface area contributed by atoms with Crippen LogP contribution in [-0.4, -0.2) is 48.1 Å². The highest BCUT2D eigenvalue weighted by atomic mass is 16.7. The molecule has 2 amide bonds. The van der Waals surface area contributed by atoms with E-state index in [-0.39, 0.29) is 34.0 Å². The summed E-state index contributed by atoms with van der Waals surface area (Å²) >= 11 is 0. The van der Waals surface area contributed by atoms with Gasteiger partial charge in [-0.05, 0) is 42.5 Å². The van der Waals surface area contributed by atoms with E-state index in [1.165, 1.54) is 55.7 Å². The van der Waals surface area contributed by atoms with Gasteiger partial charge in [-0.15, -0.1) is 0 Å². The molecule has 2 aliphatic rings. The van der Waals surface area contributed by atoms with Crippen molar-refractivity contribution in [2.45, 2.75) is 12.1 Å². The Morgan fingerprint density at radius 1 is 0.947 bits per heavy atom. The quantitative estimate of drug-likeness (QED) is 0.280. The Kier molecular flexibility index (Phi) is 6.17. The minimum absolute atomic E-state index is 0.0154. The third-order valence-corrected chi connectivity index (χ3v) is 6.55. The Morgan fingerprint density at radius 2 is 1.58 bits per heavy atom. The van der Waals surface area contributed by atoms with Crippen molar-refractivity contribution in [2.75, 3.05) is 24.2 Å². The van der Waals surface area contributed by atoms with Gasteiger partial charge in [-0.3, -0.25) is 24.5 Å². The number of ether oxygens (including phenoxy) is 2. The number of carbonyl (C=O) groups excluding carboxylic acids is 2. The number of carboxylic acids is 1. The number of rotatable bonds is 7. The number of amides is 2. The van der Waals surface area contributed by atoms with E-state index in [9.17, 15) is 29.6 Å². The molecule has 0 unspecified atom stereocenters. The number of hydroxylamine groups is 1. The second kappa shape index (κ2) is 9.48. The third kappa shape index (κ3) is 3.87. The number of nitro groups is 1. The third-order valence-electron chi connectivity index (χ3n) is 6.55. The normalized spacial score (nSPS) is 20.4. The van der Waals surface area contributed by atoms with Crippen LogP contribution in [0.5, 0.6) is 11.5 Å². The van der Waals surface area contributed by atoms with Crippen LogP contribution in [-0.2, 0) is 14.4 Å². The first kappa shape index (κ1) is 24.7. The van der Waals surface area contributed by atoms with Crippen LogP contribution in [0.25, 0.3) is 0 Å². The first-order valence-electron chi connectivity index (χ1n) is 11.4. The lowest BCUT2D eigenvalue weighted by Gasteiger charge is -2.29. The Balaban J connectivity index is 1.65. The SMILES string of the molecule is COc1cc([C@H]2[C@H]3C(=O)N(c4ccc(C(=O)O)cc4)C(=O)[C@H]3ON2c2ccccc2)c([N+](=O)[O-])cc1OC. The molecule has 3 aromatic carbocycles. The zero-order chi connectivity index (χ0) is 27.1. The summed E-state index contributed by atoms with van der Waals surface area (Å²) in [4.78, 5) is 57.0. The maximum atomic E-state index is 13.8. The van der Waals surface area contributed by atoms with Crippen molar-refractivity contribution in [2.24, 2.45) is 5.92 Å². The second-order valence-electron chi connectivity index (χ2n) is 8.55. The number of aromatic carboxylic acids is 1. The largest absolute Gasteiger partial charge is 0.493 e. The molecular formula is C26H21N3O9. The Bertz CT molecular complexity index is 1440. The zero-order valence-electron chi connectivity index (χ0n) is 20.1. The van der Waals surface area contributed by atoms with Crippen molar-refractivity contribution in [3.8, 4) is 11.5 Å². The standard InChI is InChI=1S/C26H21N3O9/c1-36-19-12-17(18(29(34)35)13-20(19)37-2)22-21-23(38-28(22)16-6-4-3-5-7-16)25(31)27(24(21)30)15-10-8-14(9-11-15)26(32)33/h3-13,21-23H,1-2H3,(H,32,33)/t21-,22+,23+/m1/s1. The lowest BCUT2D eigenvalue weighted by molar-refractivity contribution is -0.385. The molecule has 194 valence electrons. The van der Waals surface area contributed by atoms with Crippen LogP contribution >= 0.6 is 0 Å². The smallest absolute Gasteiger partial charge is 0.335 e. The van der Waals surface area contributed by atoms with Crippen molar-refractivity contribution in [3.05, 3.63) is 88.0 Å². The zero-order valence-corrected chi connectivity index (χ0v) is 20.1. The monoisotopic (exact) mass is 519 g/mol. The predicted molar refractivity (Wildman–Crippen MR) is 132 cm³/mol. The second-order valence-corrected chi connectivity index (χ2v) is 8.55. The summed E-state index contributed by atoms with van der Waals surface area (Å²) in [5.41, 5.74) is 0.373. The Morgan fingerprint density at radius 3 is 2.16 bits per heavy atom. The molecule has 0 bridgehead atoms. The average Bonchev–Trinajstić information content (AvgIpc) is 3.43. The summed E-state index contributed by atoms with van der Waals surface area (Å²) in [6.45, 7) is 0. The topological polar surface area (TPSA) is 149 Å². The van der Waals surface area contributed by atoms with E-state index >= 15 is 0 Å². The summed E-state index contributed by atoms with van der Waals surface area (Å²) in [7, 11) is 2.72. The summed E-state index contributed by atoms with van der Waals surface area (Å²) < 4.78 is 10.6. The van der Waals surface area contributed by atoms with E-state index in [2.05, 4.69) is 0 Å². The van der Waals surface area contributed by atoms with Crippen molar-refractivity contribution in [3.63, 3.8) is 0 Å². The number of carboxylic acid groups (broad SMARTS) is 1. The molecule has 3 aromatic rings. The van der Waals surface area contributed by atoms with Crippen LogP contribution < -0.4 is 19.4 Å². The molecule has 5 rings (SSSR count). The van der Waals surface area contributed by atoms with Crippen LogP contribution in [0, 0.1) is 16.0 Å². The van der Waals surface area contributed by atoms with Gasteiger partial charge in [0.1, 0.15) is 12.0 Å². The molecule has 0 spiro atoms. The fourth-order valence-electron chi connectivity index (χ4n) is 4.82. The van der Waals surface area contributed by atoms with Gasteiger partial charge in [-0.1, -0.05) is 18.2 Å². The number of fused-ring (bicyclic) bond motifs is 1. The number of methoxy groups -OCH3 is 2. The lowest BCUT2D eigenvalue weighted by atomic mass is 9.89. The van der Waals surface area contributed by atoms with Gasteiger partial charge in [-0.2, -0.15) is 0 Å². The van der Waals surface area contributed by atoms with Gasteiger partial charge in [0.15, 0.2) is 17.6 Å². The highest BCUT2D eigenvalue weighted by Gasteiger charge is 2.61. The summed E-state index contributed by atoms with van der Waals surface area (Å²) in [6.07, 6.45) is -1.28. The number of hydrogen-bond donors (Lipinski definition) is 1. The average molecular weight is 519 g/mol. The number of nitrogens with zero attached hydrogens (tertiary/aromatic N) is 3. The molecule has 12 heteroatoms. The predicted octanol–water partition coefficient (Wildman–Crippen LogP) is 3.36. The van der Waals surface area contributed by atoms with E-state index < -0.39 is 40.8 Å². The number of para-hydroxylation sites is 1. The molecule has 12 nitrogen and oxygen atoms in total. The molecule has 0 aromatic heterocycles. The lowest BCUT2D eigenvalue weighted by Crippen LogP contribution is -2.37. The van der Waals surface area contributed by atoms with E-state index in [1.807, 2.05) is 0 Å². The van der Waals surface area contributed by atoms with Gasteiger partial charge in [0.25, 0.3) is 11.6 Å². The van der Waals surface area contributed by atoms with Crippen molar-refractivity contribution >= 4 is 34.8 Å². The maximum absolute atomic E-state index is 13.8. The summed E-state index contributed by atoms with van der Waals surface area (Å²) in [5, 5.41) is 22.7. The molecule has 0 radical (unpaired) electrons. The molecule has 1 N–H and O–H groups in total. The minimum atomic E-state index is -1.28. The highest BCUT2D eigenvalue weighted by molar-refractivity contribution is 6.24. The molecule has 2 saturated heterocycles. The van der Waals surface area contributed by atoms with Gasteiger partial charge in [0.05, 0.1) is 47.7 Å². The van der Waals surface area contributed by atoms with Crippen LogP contribution in [0.2, 0.25) is 0 Å². The van der Waals surface area contributed by atoms with Gasteiger partial charge in [-0.25, -0.2) is 14.8 Å². The molecule has 2 fully saturated rings. The van der Waals surface area contributed by atoms with Crippen LogP contribution in [0.1, 0.15) is 22.0 Å². The maximum Gasteiger partial charge on any atom is 0.335 e. The first-order valence-corrected chi connectivity index (χ1v) is 11.4. The number of hydrogen-bond acceptors (Lipinski definition) is 9. The van der Waals surface area contributed by atoms with Gasteiger partial charge >= 0.3 is 5.97 Å². The number of anilines is 2. The van der Waals surface area contributed by atoms with E-state index in [0.717, 1.165) is 4.90 Å². The van der Waals surface area contributed by atoms with Crippen LogP contribution in [0.4, 0.5) is 17.1 Å². The first-order chi connectivity index (χ1) is 18.3. The summed E-state index contributed by atoms with van der Waals surface area (Å²) in [5.74, 6) is -3.31. The van der Waals surface area contributed by atoms with E-state index in [0.29, 0.717) is 5.69 Å². The molecule has 2 heterocycles. The van der Waals surface area contributed by atoms with Gasteiger partial charge in [0.2, 0.25) is 5.91 Å². The van der Waals surface area contributed by atoms with Crippen molar-refractivity contribution in [1.82, 2.24) is 0 Å². The van der Waals surface area contributed by atoms with Crippen LogP contribution in [0.15, 0.2) is 66.7 Å². The minimum Gasteiger partial charge on any atom is -0.493 e. The summed E-state index contributed by atoms with van der Waals surface area (Å²) in [6, 6.07) is 15.4. The molecular weight excluding hydrogens is 498 g/mol. The van der Waals surface area contributed by atoms with Crippen molar-refractivity contribution < 1.29 is 38.7 Å². The van der Waals surface area contributed by atoms with Gasteiger partial charge < -0.3 is 14.6 Å². The molecule has 2 aliphatic heterocycles. The Hall–Kier alpha value is -4.97. The number of benzene rings is 3. The molecule has 38 heavy (non-hydrogen) atoms. The van der Waals surface area contributed by atoms with E-state index in [1.54, 1.807) is 30.3 Å². The van der Waals surface area contributed by atoms with Crippen molar-refractivity contribution in [1.29, 1.82) is 0 Å². The molecule has 0 aliphatic carbocycles.